The van der Waals surface area contributed by atoms with Crippen LogP contribution in [0.25, 0.3) is 0 Å². The van der Waals surface area contributed by atoms with Crippen molar-refractivity contribution in [2.24, 2.45) is 11.7 Å². The first kappa shape index (κ1) is 22.1. The minimum atomic E-state index is -0.400. The van der Waals surface area contributed by atoms with Crippen LogP contribution in [0.4, 0.5) is 0 Å². The van der Waals surface area contributed by atoms with Crippen molar-refractivity contribution in [2.45, 2.75) is 24.4 Å². The molecule has 2 amide bonds. The van der Waals surface area contributed by atoms with Crippen molar-refractivity contribution < 1.29 is 14.3 Å². The van der Waals surface area contributed by atoms with E-state index in [0.29, 0.717) is 13.1 Å². The van der Waals surface area contributed by atoms with Crippen LogP contribution in [0.5, 0.6) is 5.75 Å². The molecule has 160 valence electrons. The van der Waals surface area contributed by atoms with Crippen LogP contribution in [-0.4, -0.2) is 54.9 Å². The van der Waals surface area contributed by atoms with Crippen LogP contribution >= 0.6 is 12.4 Å². The Balaban J connectivity index is 0.00000256. The van der Waals surface area contributed by atoms with Crippen LogP contribution in [0.3, 0.4) is 0 Å². The first-order valence-corrected chi connectivity index (χ1v) is 9.98. The molecule has 0 spiro atoms. The highest BCUT2D eigenvalue weighted by atomic mass is 35.5. The Bertz CT molecular complexity index is 890. The second-order valence-corrected chi connectivity index (χ2v) is 7.96. The SMILES string of the molecule is COc1ccc(C2C(C(=O)N3C[C@@H](N)[C@H](c4ccccc4)C3)CC(=O)N2C)cc1.Cl. The lowest BCUT2D eigenvalue weighted by molar-refractivity contribution is -0.135. The van der Waals surface area contributed by atoms with Gasteiger partial charge in [0.2, 0.25) is 11.8 Å². The summed E-state index contributed by atoms with van der Waals surface area (Å²) >= 11 is 0. The number of carbonyl (C=O) groups is 2. The molecule has 4 atom stereocenters. The van der Waals surface area contributed by atoms with Crippen LogP contribution in [0.15, 0.2) is 54.6 Å². The molecular formula is C23H28ClN3O3. The molecule has 0 radical (unpaired) electrons. The number of amides is 2. The van der Waals surface area contributed by atoms with E-state index >= 15 is 0 Å². The predicted molar refractivity (Wildman–Crippen MR) is 118 cm³/mol. The Labute approximate surface area is 183 Å². The normalized spacial score (nSPS) is 25.9. The third kappa shape index (κ3) is 4.02. The minimum absolute atomic E-state index is 0. The van der Waals surface area contributed by atoms with E-state index in [1.807, 2.05) is 47.4 Å². The summed E-state index contributed by atoms with van der Waals surface area (Å²) in [6, 6.07) is 17.3. The zero-order valence-electron chi connectivity index (χ0n) is 17.2. The largest absolute Gasteiger partial charge is 0.497 e. The van der Waals surface area contributed by atoms with Gasteiger partial charge in [-0.15, -0.1) is 12.4 Å². The van der Waals surface area contributed by atoms with E-state index in [2.05, 4.69) is 12.1 Å². The fourth-order valence-electron chi connectivity index (χ4n) is 4.64. The molecule has 2 aromatic rings. The molecule has 2 aromatic carbocycles. The minimum Gasteiger partial charge on any atom is -0.497 e. The van der Waals surface area contributed by atoms with E-state index in [4.69, 9.17) is 10.5 Å². The molecule has 2 heterocycles. The number of rotatable bonds is 4. The summed E-state index contributed by atoms with van der Waals surface area (Å²) in [4.78, 5) is 29.4. The van der Waals surface area contributed by atoms with E-state index in [-0.39, 0.29) is 48.6 Å². The first-order valence-electron chi connectivity index (χ1n) is 9.98. The molecule has 0 aromatic heterocycles. The molecule has 6 nitrogen and oxygen atoms in total. The number of ether oxygens (including phenoxy) is 1. The van der Waals surface area contributed by atoms with Crippen molar-refractivity contribution >= 4 is 24.2 Å². The summed E-state index contributed by atoms with van der Waals surface area (Å²) in [5.41, 5.74) is 8.48. The van der Waals surface area contributed by atoms with Gasteiger partial charge >= 0.3 is 0 Å². The summed E-state index contributed by atoms with van der Waals surface area (Å²) in [5.74, 6) is 0.474. The number of hydrogen-bond donors (Lipinski definition) is 1. The van der Waals surface area contributed by atoms with Gasteiger partial charge in [0.05, 0.1) is 19.1 Å². The average Bonchev–Trinajstić information content (AvgIpc) is 3.28. The Kier molecular flexibility index (Phi) is 6.68. The van der Waals surface area contributed by atoms with E-state index in [9.17, 15) is 9.59 Å². The molecule has 2 unspecified atom stereocenters. The van der Waals surface area contributed by atoms with Crippen molar-refractivity contribution in [1.29, 1.82) is 0 Å². The lowest BCUT2D eigenvalue weighted by Gasteiger charge is -2.28. The maximum Gasteiger partial charge on any atom is 0.228 e. The maximum absolute atomic E-state index is 13.4. The van der Waals surface area contributed by atoms with Gasteiger partial charge in [0.15, 0.2) is 0 Å². The second-order valence-electron chi connectivity index (χ2n) is 7.96. The zero-order chi connectivity index (χ0) is 20.5. The monoisotopic (exact) mass is 429 g/mol. The molecule has 30 heavy (non-hydrogen) atoms. The lowest BCUT2D eigenvalue weighted by atomic mass is 9.92. The average molecular weight is 430 g/mol. The molecule has 2 saturated heterocycles. The molecule has 4 rings (SSSR count). The third-order valence-corrected chi connectivity index (χ3v) is 6.27. The molecule has 2 aliphatic heterocycles. The smallest absolute Gasteiger partial charge is 0.228 e. The number of nitrogens with two attached hydrogens (primary N) is 1. The summed E-state index contributed by atoms with van der Waals surface area (Å²) in [5, 5.41) is 0. The number of carbonyl (C=O) groups excluding carboxylic acids is 2. The van der Waals surface area contributed by atoms with E-state index < -0.39 is 5.92 Å². The summed E-state index contributed by atoms with van der Waals surface area (Å²) in [6.07, 6.45) is 0.230. The number of likely N-dealkylation sites (tertiary alicyclic amines) is 2. The van der Waals surface area contributed by atoms with Gasteiger partial charge in [0.1, 0.15) is 5.75 Å². The summed E-state index contributed by atoms with van der Waals surface area (Å²) in [6.45, 7) is 1.11. The van der Waals surface area contributed by atoms with Crippen molar-refractivity contribution in [3.05, 3.63) is 65.7 Å². The highest BCUT2D eigenvalue weighted by Crippen LogP contribution is 2.40. The van der Waals surface area contributed by atoms with Crippen LogP contribution in [0.2, 0.25) is 0 Å². The zero-order valence-corrected chi connectivity index (χ0v) is 18.0. The number of nitrogens with zero attached hydrogens (tertiary/aromatic N) is 2. The van der Waals surface area contributed by atoms with Crippen molar-refractivity contribution in [3.63, 3.8) is 0 Å². The van der Waals surface area contributed by atoms with Gasteiger partial charge in [-0.3, -0.25) is 9.59 Å². The molecule has 2 fully saturated rings. The van der Waals surface area contributed by atoms with E-state index in [1.54, 1.807) is 19.1 Å². The number of hydrogen-bond acceptors (Lipinski definition) is 4. The van der Waals surface area contributed by atoms with E-state index in [1.165, 1.54) is 0 Å². The molecule has 0 aliphatic carbocycles. The highest BCUT2D eigenvalue weighted by molar-refractivity contribution is 5.90. The van der Waals surface area contributed by atoms with Crippen molar-refractivity contribution in [2.75, 3.05) is 27.2 Å². The van der Waals surface area contributed by atoms with Gasteiger partial charge in [-0.25, -0.2) is 0 Å². The summed E-state index contributed by atoms with van der Waals surface area (Å²) < 4.78 is 5.23. The molecule has 0 bridgehead atoms. The predicted octanol–water partition coefficient (Wildman–Crippen LogP) is 2.59. The molecule has 2 aliphatic rings. The Morgan fingerprint density at radius 2 is 1.70 bits per heavy atom. The van der Waals surface area contributed by atoms with Gasteiger partial charge in [-0.2, -0.15) is 0 Å². The van der Waals surface area contributed by atoms with E-state index in [0.717, 1.165) is 16.9 Å². The molecule has 0 saturated carbocycles. The van der Waals surface area contributed by atoms with Gasteiger partial charge in [0, 0.05) is 38.5 Å². The Morgan fingerprint density at radius 3 is 2.33 bits per heavy atom. The van der Waals surface area contributed by atoms with Gasteiger partial charge in [-0.1, -0.05) is 42.5 Å². The highest BCUT2D eigenvalue weighted by Gasteiger charge is 2.46. The van der Waals surface area contributed by atoms with Crippen LogP contribution in [0, 0.1) is 5.92 Å². The second kappa shape index (κ2) is 9.06. The molecule has 7 heteroatoms. The fourth-order valence-corrected chi connectivity index (χ4v) is 4.64. The Morgan fingerprint density at radius 1 is 1.03 bits per heavy atom. The first-order chi connectivity index (χ1) is 14.0. The topological polar surface area (TPSA) is 75.9 Å². The standard InChI is InChI=1S/C23H27N3O3.ClH/c1-25-21(27)12-18(22(25)16-8-10-17(29-2)11-9-16)23(28)26-13-19(20(24)14-26)15-6-4-3-5-7-15;/h3-11,18-20,22H,12-14,24H2,1-2H3;1H/t18?,19-,20+,22?;/m0./s1. The summed E-state index contributed by atoms with van der Waals surface area (Å²) in [7, 11) is 3.39. The van der Waals surface area contributed by atoms with Crippen LogP contribution in [-0.2, 0) is 9.59 Å². The lowest BCUT2D eigenvalue weighted by Crippen LogP contribution is -2.38. The van der Waals surface area contributed by atoms with Crippen molar-refractivity contribution in [1.82, 2.24) is 9.80 Å². The molecule has 2 N–H and O–H groups in total. The number of methoxy groups -OCH3 is 1. The quantitative estimate of drug-likeness (QED) is 0.810. The van der Waals surface area contributed by atoms with Crippen molar-refractivity contribution in [3.8, 4) is 5.75 Å². The van der Waals surface area contributed by atoms with Crippen LogP contribution in [0.1, 0.15) is 29.5 Å². The number of halogens is 1. The Hall–Kier alpha value is -2.57. The number of benzene rings is 2. The van der Waals surface area contributed by atoms with Gasteiger partial charge in [-0.05, 0) is 23.3 Å². The fraction of sp³-hybridized carbons (Fsp3) is 0.391. The van der Waals surface area contributed by atoms with Crippen LogP contribution < -0.4 is 10.5 Å². The molecular weight excluding hydrogens is 402 g/mol. The van der Waals surface area contributed by atoms with Gasteiger partial charge in [0.25, 0.3) is 0 Å². The van der Waals surface area contributed by atoms with Gasteiger partial charge < -0.3 is 20.3 Å². The third-order valence-electron chi connectivity index (χ3n) is 6.27. The maximum atomic E-state index is 13.4.